The van der Waals surface area contributed by atoms with E-state index in [4.69, 9.17) is 14.2 Å². The molecule has 1 saturated heterocycles. The molecule has 0 atom stereocenters. The molecule has 10 nitrogen and oxygen atoms in total. The van der Waals surface area contributed by atoms with Gasteiger partial charge in [0.05, 0.1) is 44.0 Å². The Bertz CT molecular complexity index is 1290. The van der Waals surface area contributed by atoms with Crippen LogP contribution in [0, 0.1) is 25.2 Å². The quantitative estimate of drug-likeness (QED) is 0.483. The lowest BCUT2D eigenvalue weighted by Crippen LogP contribution is -2.36. The van der Waals surface area contributed by atoms with Gasteiger partial charge in [-0.2, -0.15) is 10.4 Å². The minimum Gasteiger partial charge on any atom is -0.492 e. The lowest BCUT2D eigenvalue weighted by Gasteiger charge is -2.31. The zero-order valence-corrected chi connectivity index (χ0v) is 21.3. The van der Waals surface area contributed by atoms with Gasteiger partial charge in [0.1, 0.15) is 23.1 Å². The molecule has 36 heavy (non-hydrogen) atoms. The molecule has 1 fully saturated rings. The van der Waals surface area contributed by atoms with Gasteiger partial charge in [-0.25, -0.2) is 9.50 Å². The highest BCUT2D eigenvalue weighted by molar-refractivity contribution is 5.93. The van der Waals surface area contributed by atoms with E-state index < -0.39 is 0 Å². The van der Waals surface area contributed by atoms with E-state index in [0.29, 0.717) is 61.2 Å². The second-order valence-electron chi connectivity index (χ2n) is 8.50. The van der Waals surface area contributed by atoms with E-state index in [1.54, 1.807) is 4.52 Å². The van der Waals surface area contributed by atoms with Gasteiger partial charge >= 0.3 is 0 Å². The van der Waals surface area contributed by atoms with Crippen LogP contribution < -0.4 is 19.7 Å². The van der Waals surface area contributed by atoms with Gasteiger partial charge in [0.2, 0.25) is 5.91 Å². The molecule has 0 aliphatic carbocycles. The van der Waals surface area contributed by atoms with E-state index in [-0.39, 0.29) is 12.3 Å². The molecule has 0 saturated carbocycles. The van der Waals surface area contributed by atoms with Gasteiger partial charge in [-0.15, -0.1) is 0 Å². The molecule has 3 aromatic rings. The number of morpholine rings is 1. The largest absolute Gasteiger partial charge is 0.492 e. The molecule has 1 amide bonds. The number of carbonyl (C=O) groups excluding carboxylic acids is 1. The van der Waals surface area contributed by atoms with Crippen LogP contribution in [0.3, 0.4) is 0 Å². The maximum atomic E-state index is 13.0. The monoisotopic (exact) mass is 492 g/mol. The molecule has 0 spiro atoms. The Morgan fingerprint density at radius 2 is 1.89 bits per heavy atom. The number of ether oxygens (including phenoxy) is 3. The zero-order valence-electron chi connectivity index (χ0n) is 21.3. The summed E-state index contributed by atoms with van der Waals surface area (Å²) in [4.78, 5) is 19.8. The smallest absolute Gasteiger partial charge is 0.224 e. The van der Waals surface area contributed by atoms with Crippen LogP contribution in [0.4, 0.5) is 11.4 Å². The molecule has 0 radical (unpaired) electrons. The van der Waals surface area contributed by atoms with Gasteiger partial charge in [0, 0.05) is 43.0 Å². The number of hydrogen-bond donors (Lipinski definition) is 1. The summed E-state index contributed by atoms with van der Waals surface area (Å²) in [5, 5.41) is 16.6. The Kier molecular flexibility index (Phi) is 7.90. The highest BCUT2D eigenvalue weighted by Gasteiger charge is 2.21. The number of anilines is 2. The van der Waals surface area contributed by atoms with Crippen LogP contribution in [0.25, 0.3) is 5.65 Å². The molecule has 190 valence electrons. The number of fused-ring (bicyclic) bond motifs is 1. The van der Waals surface area contributed by atoms with E-state index in [0.717, 1.165) is 35.7 Å². The fourth-order valence-corrected chi connectivity index (χ4v) is 4.45. The summed E-state index contributed by atoms with van der Waals surface area (Å²) in [5.74, 6) is 1.16. The first-order valence-electron chi connectivity index (χ1n) is 12.3. The number of aromatic nitrogens is 3. The molecule has 0 unspecified atom stereocenters. The second-order valence-corrected chi connectivity index (χ2v) is 8.50. The normalized spacial score (nSPS) is 13.5. The average molecular weight is 493 g/mol. The number of rotatable bonds is 9. The van der Waals surface area contributed by atoms with Crippen LogP contribution in [0.5, 0.6) is 11.5 Å². The first kappa shape index (κ1) is 25.3. The van der Waals surface area contributed by atoms with E-state index in [9.17, 15) is 10.1 Å². The number of nitriles is 1. The Morgan fingerprint density at radius 1 is 1.17 bits per heavy atom. The maximum Gasteiger partial charge on any atom is 0.224 e. The van der Waals surface area contributed by atoms with Crippen LogP contribution in [-0.2, 0) is 16.0 Å². The molecule has 2 aromatic heterocycles. The van der Waals surface area contributed by atoms with Crippen molar-refractivity contribution in [2.75, 3.05) is 49.7 Å². The minimum atomic E-state index is -0.144. The summed E-state index contributed by atoms with van der Waals surface area (Å²) >= 11 is 0. The molecule has 10 heteroatoms. The summed E-state index contributed by atoms with van der Waals surface area (Å²) in [5.41, 5.74) is 5.07. The van der Waals surface area contributed by atoms with Gasteiger partial charge in [0.25, 0.3) is 0 Å². The number of nitrogens with zero attached hydrogens (tertiary/aromatic N) is 5. The number of amides is 1. The molecule has 1 N–H and O–H groups in total. The topological polar surface area (TPSA) is 114 Å². The summed E-state index contributed by atoms with van der Waals surface area (Å²) in [7, 11) is 0. The molecule has 1 aromatic carbocycles. The molecular weight excluding hydrogens is 460 g/mol. The highest BCUT2D eigenvalue weighted by atomic mass is 16.5. The molecular formula is C26H32N6O4. The first-order chi connectivity index (χ1) is 17.5. The lowest BCUT2D eigenvalue weighted by atomic mass is 10.1. The number of aryl methyl sites for hydroxylation is 2. The Labute approximate surface area is 210 Å². The fraction of sp³-hybridized carbons (Fsp3) is 0.462. The SMILES string of the molecule is CCOc1cc(N2CCOCC2)c(OCC)cc1NC(=O)CCc1c(C)nc2c(C#N)cnn2c1C. The molecule has 4 rings (SSSR count). The summed E-state index contributed by atoms with van der Waals surface area (Å²) in [6.45, 7) is 11.5. The summed E-state index contributed by atoms with van der Waals surface area (Å²) in [6, 6.07) is 5.89. The average Bonchev–Trinajstić information content (AvgIpc) is 3.29. The van der Waals surface area contributed by atoms with Crippen molar-refractivity contribution in [1.82, 2.24) is 14.6 Å². The molecule has 1 aliphatic heterocycles. The van der Waals surface area contributed by atoms with Gasteiger partial charge in [0.15, 0.2) is 5.65 Å². The van der Waals surface area contributed by atoms with Crippen LogP contribution in [-0.4, -0.2) is 60.0 Å². The second kappa shape index (κ2) is 11.3. The van der Waals surface area contributed by atoms with Gasteiger partial charge < -0.3 is 24.4 Å². The predicted molar refractivity (Wildman–Crippen MR) is 136 cm³/mol. The Hall–Kier alpha value is -3.84. The van der Waals surface area contributed by atoms with Gasteiger partial charge in [-0.1, -0.05) is 0 Å². The third-order valence-corrected chi connectivity index (χ3v) is 6.22. The maximum absolute atomic E-state index is 13.0. The Morgan fingerprint density at radius 3 is 2.58 bits per heavy atom. The summed E-state index contributed by atoms with van der Waals surface area (Å²) < 4.78 is 19.0. The van der Waals surface area contributed by atoms with Crippen molar-refractivity contribution < 1.29 is 19.0 Å². The summed E-state index contributed by atoms with van der Waals surface area (Å²) in [6.07, 6.45) is 2.25. The van der Waals surface area contributed by atoms with E-state index >= 15 is 0 Å². The number of nitrogens with one attached hydrogen (secondary N) is 1. The molecule has 3 heterocycles. The van der Waals surface area contributed by atoms with Crippen molar-refractivity contribution in [3.8, 4) is 17.6 Å². The standard InChI is InChI=1S/C26H32N6O4/c1-5-35-23-14-22(31-9-11-34-12-10-31)24(36-6-2)13-21(23)30-25(33)8-7-20-17(3)29-26-19(15-27)16-28-32(26)18(20)4/h13-14,16H,5-12H2,1-4H3,(H,30,33). The number of carbonyl (C=O) groups is 1. The predicted octanol–water partition coefficient (Wildman–Crippen LogP) is 3.42. The minimum absolute atomic E-state index is 0.144. The zero-order chi connectivity index (χ0) is 25.7. The lowest BCUT2D eigenvalue weighted by molar-refractivity contribution is -0.116. The molecule has 0 bridgehead atoms. The van der Waals surface area contributed by atoms with Crippen LogP contribution in [0.15, 0.2) is 18.3 Å². The number of hydrogen-bond acceptors (Lipinski definition) is 8. The van der Waals surface area contributed by atoms with Crippen LogP contribution in [0.1, 0.15) is 42.8 Å². The number of benzene rings is 1. The molecule has 1 aliphatic rings. The van der Waals surface area contributed by atoms with E-state index in [1.807, 2.05) is 39.8 Å². The first-order valence-corrected chi connectivity index (χ1v) is 12.3. The van der Waals surface area contributed by atoms with Crippen molar-refractivity contribution in [2.24, 2.45) is 0 Å². The highest BCUT2D eigenvalue weighted by Crippen LogP contribution is 2.39. The van der Waals surface area contributed by atoms with Crippen molar-refractivity contribution in [1.29, 1.82) is 5.26 Å². The van der Waals surface area contributed by atoms with Crippen molar-refractivity contribution in [3.05, 3.63) is 40.8 Å². The van der Waals surface area contributed by atoms with Crippen molar-refractivity contribution >= 4 is 22.9 Å². The van der Waals surface area contributed by atoms with Crippen molar-refractivity contribution in [2.45, 2.75) is 40.5 Å². The van der Waals surface area contributed by atoms with Gasteiger partial charge in [-0.05, 0) is 39.7 Å². The van der Waals surface area contributed by atoms with Crippen molar-refractivity contribution in [3.63, 3.8) is 0 Å². The van der Waals surface area contributed by atoms with E-state index in [2.05, 4.69) is 26.4 Å². The van der Waals surface area contributed by atoms with E-state index in [1.165, 1.54) is 6.20 Å². The Balaban J connectivity index is 1.54. The van der Waals surface area contributed by atoms with Gasteiger partial charge in [-0.3, -0.25) is 4.79 Å². The third-order valence-electron chi connectivity index (χ3n) is 6.22. The van der Waals surface area contributed by atoms with Crippen LogP contribution >= 0.6 is 0 Å². The van der Waals surface area contributed by atoms with Crippen LogP contribution in [0.2, 0.25) is 0 Å². The fourth-order valence-electron chi connectivity index (χ4n) is 4.45. The third kappa shape index (κ3) is 5.21.